The fraction of sp³-hybridized carbons (Fsp3) is 0.571. The number of aliphatic hydroxyl groups excluding tert-OH is 1. The van der Waals surface area contributed by atoms with E-state index in [0.29, 0.717) is 5.02 Å². The van der Waals surface area contributed by atoms with Gasteiger partial charge in [-0.1, -0.05) is 30.9 Å². The first kappa shape index (κ1) is 15.8. The van der Waals surface area contributed by atoms with Crippen LogP contribution in [0.5, 0.6) is 0 Å². The first-order valence-corrected chi connectivity index (χ1v) is 8.78. The summed E-state index contributed by atoms with van der Waals surface area (Å²) in [5.74, 6) is 0.205. The average molecular weight is 318 g/mol. The molecule has 1 saturated carbocycles. The molecule has 0 bridgehead atoms. The summed E-state index contributed by atoms with van der Waals surface area (Å²) < 4.78 is 26.6. The maximum atomic E-state index is 12.1. The van der Waals surface area contributed by atoms with Gasteiger partial charge < -0.3 is 5.11 Å². The molecule has 0 aliphatic heterocycles. The topological polar surface area (TPSA) is 66.4 Å². The molecule has 1 aliphatic rings. The lowest BCUT2D eigenvalue weighted by molar-refractivity contribution is 0.0888. The molecule has 1 unspecified atom stereocenters. The highest BCUT2D eigenvalue weighted by Crippen LogP contribution is 2.26. The van der Waals surface area contributed by atoms with Gasteiger partial charge in [0.1, 0.15) is 0 Å². The first-order chi connectivity index (χ1) is 9.49. The van der Waals surface area contributed by atoms with Crippen molar-refractivity contribution in [3.63, 3.8) is 0 Å². The van der Waals surface area contributed by atoms with E-state index < -0.39 is 16.1 Å². The van der Waals surface area contributed by atoms with E-state index in [0.717, 1.165) is 25.7 Å². The van der Waals surface area contributed by atoms with Crippen molar-refractivity contribution in [3.8, 4) is 0 Å². The van der Waals surface area contributed by atoms with Crippen molar-refractivity contribution in [1.82, 2.24) is 4.72 Å². The fourth-order valence-electron chi connectivity index (χ4n) is 2.58. The van der Waals surface area contributed by atoms with Crippen molar-refractivity contribution in [2.24, 2.45) is 5.92 Å². The van der Waals surface area contributed by atoms with E-state index in [2.05, 4.69) is 4.72 Å². The van der Waals surface area contributed by atoms with Gasteiger partial charge in [0, 0.05) is 11.6 Å². The molecule has 1 aromatic rings. The van der Waals surface area contributed by atoms with Gasteiger partial charge in [0.2, 0.25) is 10.0 Å². The molecule has 1 aliphatic carbocycles. The number of nitrogens with one attached hydrogen (secondary N) is 1. The van der Waals surface area contributed by atoms with Gasteiger partial charge in [-0.2, -0.15) is 0 Å². The number of hydrogen-bond donors (Lipinski definition) is 2. The van der Waals surface area contributed by atoms with Crippen molar-refractivity contribution in [2.45, 2.75) is 43.1 Å². The van der Waals surface area contributed by atoms with E-state index in [1.807, 2.05) is 0 Å². The monoisotopic (exact) mass is 317 g/mol. The third kappa shape index (κ3) is 4.19. The minimum Gasteiger partial charge on any atom is -0.391 e. The fourth-order valence-corrected chi connectivity index (χ4v) is 3.75. The van der Waals surface area contributed by atoms with Crippen LogP contribution in [-0.2, 0) is 10.0 Å². The van der Waals surface area contributed by atoms with Gasteiger partial charge in [-0.3, -0.25) is 0 Å². The van der Waals surface area contributed by atoms with Crippen LogP contribution >= 0.6 is 11.6 Å². The van der Waals surface area contributed by atoms with Gasteiger partial charge in [-0.05, 0) is 43.0 Å². The molecule has 1 atom stereocenters. The van der Waals surface area contributed by atoms with E-state index in [9.17, 15) is 13.5 Å². The highest BCUT2D eigenvalue weighted by atomic mass is 35.5. The molecule has 4 nitrogen and oxygen atoms in total. The lowest BCUT2D eigenvalue weighted by Crippen LogP contribution is -2.37. The quantitative estimate of drug-likeness (QED) is 0.877. The summed E-state index contributed by atoms with van der Waals surface area (Å²) in [5.41, 5.74) is 0. The number of benzene rings is 1. The SMILES string of the molecule is O=S(=O)(NCC(O)C1CCCCC1)c1ccc(Cl)cc1. The standard InChI is InChI=1S/C14H20ClNO3S/c15-12-6-8-13(9-7-12)20(18,19)16-10-14(17)11-4-2-1-3-5-11/h6-9,11,14,16-17H,1-5,10H2. The number of halogens is 1. The van der Waals surface area contributed by atoms with Crippen LogP contribution in [0.15, 0.2) is 29.2 Å². The van der Waals surface area contributed by atoms with Gasteiger partial charge >= 0.3 is 0 Å². The largest absolute Gasteiger partial charge is 0.391 e. The smallest absolute Gasteiger partial charge is 0.240 e. The lowest BCUT2D eigenvalue weighted by Gasteiger charge is -2.26. The zero-order valence-corrected chi connectivity index (χ0v) is 12.8. The minimum atomic E-state index is -3.58. The Kier molecular flexibility index (Phi) is 5.43. The Morgan fingerprint density at radius 1 is 1.20 bits per heavy atom. The number of aliphatic hydroxyl groups is 1. The van der Waals surface area contributed by atoms with Crippen LogP contribution in [0.2, 0.25) is 5.02 Å². The van der Waals surface area contributed by atoms with Crippen molar-refractivity contribution >= 4 is 21.6 Å². The molecule has 20 heavy (non-hydrogen) atoms. The van der Waals surface area contributed by atoms with Crippen molar-refractivity contribution in [3.05, 3.63) is 29.3 Å². The second-order valence-electron chi connectivity index (χ2n) is 5.27. The minimum absolute atomic E-state index is 0.0651. The zero-order valence-electron chi connectivity index (χ0n) is 11.3. The Bertz CT molecular complexity index is 524. The highest BCUT2D eigenvalue weighted by Gasteiger charge is 2.23. The van der Waals surface area contributed by atoms with E-state index in [1.165, 1.54) is 30.7 Å². The summed E-state index contributed by atoms with van der Waals surface area (Å²) in [7, 11) is -3.58. The third-order valence-electron chi connectivity index (χ3n) is 3.80. The van der Waals surface area contributed by atoms with Crippen LogP contribution in [0.25, 0.3) is 0 Å². The van der Waals surface area contributed by atoms with E-state index in [-0.39, 0.29) is 17.4 Å². The predicted octanol–water partition coefficient (Wildman–Crippen LogP) is 2.56. The molecule has 0 amide bonds. The Morgan fingerprint density at radius 2 is 1.80 bits per heavy atom. The zero-order chi connectivity index (χ0) is 14.6. The molecule has 0 saturated heterocycles. The second kappa shape index (κ2) is 6.89. The molecule has 0 radical (unpaired) electrons. The van der Waals surface area contributed by atoms with Crippen molar-refractivity contribution in [1.29, 1.82) is 0 Å². The van der Waals surface area contributed by atoms with Crippen LogP contribution in [0.4, 0.5) is 0 Å². The third-order valence-corrected chi connectivity index (χ3v) is 5.49. The van der Waals surface area contributed by atoms with Gasteiger partial charge in [0.05, 0.1) is 11.0 Å². The lowest BCUT2D eigenvalue weighted by atomic mass is 9.85. The Hall–Kier alpha value is -0.620. The Morgan fingerprint density at radius 3 is 2.40 bits per heavy atom. The summed E-state index contributed by atoms with van der Waals surface area (Å²) in [5, 5.41) is 10.6. The molecule has 112 valence electrons. The molecule has 0 heterocycles. The van der Waals surface area contributed by atoms with Crippen LogP contribution in [0.3, 0.4) is 0 Å². The summed E-state index contributed by atoms with van der Waals surface area (Å²) in [6.07, 6.45) is 4.78. The predicted molar refractivity (Wildman–Crippen MR) is 79.2 cm³/mol. The Labute approximate surface area is 125 Å². The average Bonchev–Trinajstić information content (AvgIpc) is 2.46. The van der Waals surface area contributed by atoms with E-state index in [4.69, 9.17) is 11.6 Å². The second-order valence-corrected chi connectivity index (χ2v) is 7.47. The maximum Gasteiger partial charge on any atom is 0.240 e. The van der Waals surface area contributed by atoms with Crippen LogP contribution in [0.1, 0.15) is 32.1 Å². The van der Waals surface area contributed by atoms with Crippen molar-refractivity contribution < 1.29 is 13.5 Å². The summed E-state index contributed by atoms with van der Waals surface area (Å²) in [6.45, 7) is 0.0651. The first-order valence-electron chi connectivity index (χ1n) is 6.92. The van der Waals surface area contributed by atoms with Crippen LogP contribution < -0.4 is 4.72 Å². The number of rotatable bonds is 5. The van der Waals surface area contributed by atoms with E-state index in [1.54, 1.807) is 0 Å². The van der Waals surface area contributed by atoms with Crippen LogP contribution in [-0.4, -0.2) is 26.2 Å². The molecule has 2 N–H and O–H groups in total. The molecule has 0 aromatic heterocycles. The summed E-state index contributed by atoms with van der Waals surface area (Å²) >= 11 is 5.74. The molecular formula is C14H20ClNO3S. The van der Waals surface area contributed by atoms with Crippen molar-refractivity contribution in [2.75, 3.05) is 6.54 Å². The molecule has 0 spiro atoms. The summed E-state index contributed by atoms with van der Waals surface area (Å²) in [6, 6.07) is 5.98. The van der Waals surface area contributed by atoms with Gasteiger partial charge in [-0.25, -0.2) is 13.1 Å². The molecular weight excluding hydrogens is 298 g/mol. The Balaban J connectivity index is 1.93. The van der Waals surface area contributed by atoms with Crippen LogP contribution in [0, 0.1) is 5.92 Å². The number of sulfonamides is 1. The van der Waals surface area contributed by atoms with E-state index >= 15 is 0 Å². The normalized spacial score (nSPS) is 18.9. The summed E-state index contributed by atoms with van der Waals surface area (Å²) in [4.78, 5) is 0.165. The van der Waals surface area contributed by atoms with Gasteiger partial charge in [-0.15, -0.1) is 0 Å². The highest BCUT2D eigenvalue weighted by molar-refractivity contribution is 7.89. The molecule has 1 fully saturated rings. The molecule has 1 aromatic carbocycles. The number of hydrogen-bond acceptors (Lipinski definition) is 3. The maximum absolute atomic E-state index is 12.1. The molecule has 6 heteroatoms. The van der Waals surface area contributed by atoms with Gasteiger partial charge in [0.15, 0.2) is 0 Å². The molecule has 2 rings (SSSR count). The van der Waals surface area contributed by atoms with Gasteiger partial charge in [0.25, 0.3) is 0 Å².